The van der Waals surface area contributed by atoms with Gasteiger partial charge in [-0.1, -0.05) is 33.1 Å². The van der Waals surface area contributed by atoms with Crippen LogP contribution in [0.15, 0.2) is 0 Å². The number of rotatable bonds is 8. The molecule has 1 rings (SSSR count). The summed E-state index contributed by atoms with van der Waals surface area (Å²) in [4.78, 5) is 2.59. The van der Waals surface area contributed by atoms with Crippen LogP contribution in [0.1, 0.15) is 46.0 Å². The van der Waals surface area contributed by atoms with Gasteiger partial charge in [0.15, 0.2) is 0 Å². The third kappa shape index (κ3) is 6.16. The lowest BCUT2D eigenvalue weighted by Crippen LogP contribution is -2.30. The molecular formula is C13H28N2. The third-order valence-electron chi connectivity index (χ3n) is 3.32. The summed E-state index contributed by atoms with van der Waals surface area (Å²) >= 11 is 0. The summed E-state index contributed by atoms with van der Waals surface area (Å²) in [7, 11) is 0. The molecule has 1 N–H and O–H groups in total. The first-order chi connectivity index (χ1) is 7.33. The molecule has 0 radical (unpaired) electrons. The highest BCUT2D eigenvalue weighted by atomic mass is 15.2. The minimum Gasteiger partial charge on any atom is -0.315 e. The van der Waals surface area contributed by atoms with Crippen molar-refractivity contribution in [1.82, 2.24) is 10.2 Å². The predicted octanol–water partition coefficient (Wildman–Crippen LogP) is 2.50. The molecule has 15 heavy (non-hydrogen) atoms. The molecule has 0 aromatic carbocycles. The predicted molar refractivity (Wildman–Crippen MR) is 67.2 cm³/mol. The molecule has 0 aliphatic carbocycles. The van der Waals surface area contributed by atoms with Crippen molar-refractivity contribution in [1.29, 1.82) is 0 Å². The van der Waals surface area contributed by atoms with Crippen molar-refractivity contribution in [3.8, 4) is 0 Å². The summed E-state index contributed by atoms with van der Waals surface area (Å²) in [5.41, 5.74) is 0. The van der Waals surface area contributed by atoms with Gasteiger partial charge in [0, 0.05) is 19.6 Å². The van der Waals surface area contributed by atoms with E-state index in [-0.39, 0.29) is 0 Å². The Hall–Kier alpha value is -0.0800. The molecule has 1 aliphatic rings. The summed E-state index contributed by atoms with van der Waals surface area (Å²) in [6, 6.07) is 0. The minimum absolute atomic E-state index is 0.926. The van der Waals surface area contributed by atoms with Crippen LogP contribution >= 0.6 is 0 Å². The lowest BCUT2D eigenvalue weighted by molar-refractivity contribution is 0.325. The first-order valence-electron chi connectivity index (χ1n) is 6.76. The van der Waals surface area contributed by atoms with Gasteiger partial charge in [0.1, 0.15) is 0 Å². The molecule has 1 atom stereocenters. The average Bonchev–Trinajstić information content (AvgIpc) is 2.63. The van der Waals surface area contributed by atoms with Crippen molar-refractivity contribution < 1.29 is 0 Å². The normalized spacial score (nSPS) is 22.4. The van der Waals surface area contributed by atoms with Crippen molar-refractivity contribution >= 4 is 0 Å². The van der Waals surface area contributed by atoms with Gasteiger partial charge in [-0.25, -0.2) is 0 Å². The van der Waals surface area contributed by atoms with Crippen molar-refractivity contribution in [3.05, 3.63) is 0 Å². The first-order valence-corrected chi connectivity index (χ1v) is 6.76. The molecular weight excluding hydrogens is 184 g/mol. The Labute approximate surface area is 95.4 Å². The van der Waals surface area contributed by atoms with Gasteiger partial charge in [0.2, 0.25) is 0 Å². The molecule has 2 heteroatoms. The highest BCUT2D eigenvalue weighted by Crippen LogP contribution is 2.13. The van der Waals surface area contributed by atoms with Crippen molar-refractivity contribution in [2.75, 3.05) is 32.7 Å². The van der Waals surface area contributed by atoms with Crippen LogP contribution in [0.3, 0.4) is 0 Å². The van der Waals surface area contributed by atoms with Gasteiger partial charge in [-0.05, 0) is 31.8 Å². The fourth-order valence-corrected chi connectivity index (χ4v) is 2.27. The Morgan fingerprint density at radius 3 is 2.73 bits per heavy atom. The van der Waals surface area contributed by atoms with Crippen molar-refractivity contribution in [2.24, 2.45) is 5.92 Å². The van der Waals surface area contributed by atoms with E-state index in [1.165, 1.54) is 64.8 Å². The number of nitrogens with one attached hydrogen (secondary N) is 1. The van der Waals surface area contributed by atoms with Gasteiger partial charge in [-0.15, -0.1) is 0 Å². The van der Waals surface area contributed by atoms with E-state index < -0.39 is 0 Å². The van der Waals surface area contributed by atoms with Crippen LogP contribution in [-0.2, 0) is 0 Å². The zero-order chi connectivity index (χ0) is 10.9. The lowest BCUT2D eigenvalue weighted by Gasteiger charge is -2.15. The summed E-state index contributed by atoms with van der Waals surface area (Å²) in [5.74, 6) is 0.926. The summed E-state index contributed by atoms with van der Waals surface area (Å²) in [6.45, 7) is 10.9. The van der Waals surface area contributed by atoms with E-state index in [0.717, 1.165) is 5.92 Å². The number of hydrogen-bond donors (Lipinski definition) is 1. The molecule has 90 valence electrons. The Morgan fingerprint density at radius 2 is 2.07 bits per heavy atom. The molecule has 1 unspecified atom stereocenters. The highest BCUT2D eigenvalue weighted by molar-refractivity contribution is 4.72. The SMILES string of the molecule is CCCCCCNCCN1CCC(C)C1. The van der Waals surface area contributed by atoms with E-state index in [1.807, 2.05) is 0 Å². The van der Waals surface area contributed by atoms with Crippen LogP contribution in [0.2, 0.25) is 0 Å². The second-order valence-electron chi connectivity index (χ2n) is 5.01. The van der Waals surface area contributed by atoms with Crippen molar-refractivity contribution in [2.45, 2.75) is 46.0 Å². The van der Waals surface area contributed by atoms with Crippen molar-refractivity contribution in [3.63, 3.8) is 0 Å². The van der Waals surface area contributed by atoms with Crippen LogP contribution in [0.4, 0.5) is 0 Å². The molecule has 1 fully saturated rings. The summed E-state index contributed by atoms with van der Waals surface area (Å²) in [6.07, 6.45) is 6.88. The second kappa shape index (κ2) is 8.12. The average molecular weight is 212 g/mol. The highest BCUT2D eigenvalue weighted by Gasteiger charge is 2.17. The third-order valence-corrected chi connectivity index (χ3v) is 3.32. The Bertz CT molecular complexity index is 147. The Kier molecular flexibility index (Phi) is 7.03. The summed E-state index contributed by atoms with van der Waals surface area (Å²) < 4.78 is 0. The maximum absolute atomic E-state index is 3.54. The van der Waals surface area contributed by atoms with E-state index in [1.54, 1.807) is 0 Å². The van der Waals surface area contributed by atoms with Crippen LogP contribution < -0.4 is 5.32 Å². The van der Waals surface area contributed by atoms with Gasteiger partial charge in [-0.3, -0.25) is 0 Å². The Morgan fingerprint density at radius 1 is 1.20 bits per heavy atom. The van der Waals surface area contributed by atoms with Crippen LogP contribution in [0.25, 0.3) is 0 Å². The van der Waals surface area contributed by atoms with Gasteiger partial charge < -0.3 is 10.2 Å². The zero-order valence-electron chi connectivity index (χ0n) is 10.6. The number of hydrogen-bond acceptors (Lipinski definition) is 2. The largest absolute Gasteiger partial charge is 0.315 e. The van der Waals surface area contributed by atoms with Gasteiger partial charge in [0.25, 0.3) is 0 Å². The quantitative estimate of drug-likeness (QED) is 0.622. The smallest absolute Gasteiger partial charge is 0.0107 e. The maximum atomic E-state index is 3.54. The minimum atomic E-state index is 0.926. The fraction of sp³-hybridized carbons (Fsp3) is 1.00. The molecule has 2 nitrogen and oxygen atoms in total. The molecule has 0 spiro atoms. The van der Waals surface area contributed by atoms with Gasteiger partial charge >= 0.3 is 0 Å². The molecule has 0 bridgehead atoms. The molecule has 1 aliphatic heterocycles. The van der Waals surface area contributed by atoms with E-state index in [0.29, 0.717) is 0 Å². The topological polar surface area (TPSA) is 15.3 Å². The molecule has 0 aromatic heterocycles. The van der Waals surface area contributed by atoms with Crippen LogP contribution in [0, 0.1) is 5.92 Å². The monoisotopic (exact) mass is 212 g/mol. The second-order valence-corrected chi connectivity index (χ2v) is 5.01. The number of unbranched alkanes of at least 4 members (excludes halogenated alkanes) is 3. The van der Waals surface area contributed by atoms with E-state index >= 15 is 0 Å². The fourth-order valence-electron chi connectivity index (χ4n) is 2.27. The standard InChI is InChI=1S/C13H28N2/c1-3-4-5-6-8-14-9-11-15-10-7-13(2)12-15/h13-14H,3-12H2,1-2H3. The van der Waals surface area contributed by atoms with E-state index in [9.17, 15) is 0 Å². The van der Waals surface area contributed by atoms with Crippen LogP contribution in [-0.4, -0.2) is 37.6 Å². The number of likely N-dealkylation sites (tertiary alicyclic amines) is 1. The maximum Gasteiger partial charge on any atom is 0.0107 e. The molecule has 0 aromatic rings. The van der Waals surface area contributed by atoms with Crippen LogP contribution in [0.5, 0.6) is 0 Å². The number of nitrogens with zero attached hydrogens (tertiary/aromatic N) is 1. The van der Waals surface area contributed by atoms with Gasteiger partial charge in [-0.2, -0.15) is 0 Å². The molecule has 0 amide bonds. The lowest BCUT2D eigenvalue weighted by atomic mass is 10.2. The molecule has 1 heterocycles. The first kappa shape index (κ1) is 13.0. The zero-order valence-corrected chi connectivity index (χ0v) is 10.6. The Balaban J connectivity index is 1.81. The summed E-state index contributed by atoms with van der Waals surface area (Å²) in [5, 5.41) is 3.54. The molecule has 1 saturated heterocycles. The van der Waals surface area contributed by atoms with Gasteiger partial charge in [0.05, 0.1) is 0 Å². The molecule has 0 saturated carbocycles. The van der Waals surface area contributed by atoms with E-state index in [2.05, 4.69) is 24.1 Å². The van der Waals surface area contributed by atoms with E-state index in [4.69, 9.17) is 0 Å².